The number of rotatable bonds is 4. The van der Waals surface area contributed by atoms with Gasteiger partial charge in [0.15, 0.2) is 6.61 Å². The van der Waals surface area contributed by atoms with Crippen molar-refractivity contribution in [1.82, 2.24) is 0 Å². The van der Waals surface area contributed by atoms with Crippen LogP contribution < -0.4 is 15.8 Å². The van der Waals surface area contributed by atoms with Crippen LogP contribution in [0.3, 0.4) is 0 Å². The molecule has 0 unspecified atom stereocenters. The predicted octanol–water partition coefficient (Wildman–Crippen LogP) is 3.36. The van der Waals surface area contributed by atoms with Gasteiger partial charge in [-0.15, -0.1) is 0 Å². The first-order valence-corrected chi connectivity index (χ1v) is 6.88. The van der Waals surface area contributed by atoms with Crippen molar-refractivity contribution in [2.75, 3.05) is 17.7 Å². The summed E-state index contributed by atoms with van der Waals surface area (Å²) < 4.78 is 6.32. The summed E-state index contributed by atoms with van der Waals surface area (Å²) in [5.74, 6) is 0.400. The minimum absolute atomic E-state index is 0.0462. The molecule has 0 radical (unpaired) electrons. The molecule has 5 heteroatoms. The van der Waals surface area contributed by atoms with E-state index >= 15 is 0 Å². The van der Waals surface area contributed by atoms with Crippen molar-refractivity contribution in [3.63, 3.8) is 0 Å². The summed E-state index contributed by atoms with van der Waals surface area (Å²) in [7, 11) is 0. The molecule has 0 aliphatic heterocycles. The number of carbonyl (C=O) groups excluding carboxylic acids is 1. The Hall–Kier alpha value is -2.01. The Kier molecular flexibility index (Phi) is 4.63. The van der Waals surface area contributed by atoms with Crippen molar-refractivity contribution in [3.05, 3.63) is 52.5 Å². The summed E-state index contributed by atoms with van der Waals surface area (Å²) in [5.41, 5.74) is 8.07. The van der Waals surface area contributed by atoms with Crippen molar-refractivity contribution in [1.29, 1.82) is 0 Å². The molecule has 0 spiro atoms. The van der Waals surface area contributed by atoms with Crippen LogP contribution in [0.15, 0.2) is 46.9 Å². The fraction of sp³-hybridized carbons (Fsp3) is 0.133. The van der Waals surface area contributed by atoms with Crippen molar-refractivity contribution in [3.8, 4) is 5.75 Å². The van der Waals surface area contributed by atoms with Crippen LogP contribution in [0, 0.1) is 6.92 Å². The fourth-order valence-electron chi connectivity index (χ4n) is 1.58. The molecule has 0 atom stereocenters. The molecular weight excluding hydrogens is 320 g/mol. The lowest BCUT2D eigenvalue weighted by atomic mass is 10.2. The molecule has 0 aliphatic carbocycles. The van der Waals surface area contributed by atoms with Crippen LogP contribution in [-0.2, 0) is 4.79 Å². The number of nitrogens with one attached hydrogen (secondary N) is 1. The van der Waals surface area contributed by atoms with Gasteiger partial charge in [0.2, 0.25) is 0 Å². The topological polar surface area (TPSA) is 64.3 Å². The molecule has 0 saturated carbocycles. The number of halogens is 1. The molecule has 0 bridgehead atoms. The third-order valence-corrected chi connectivity index (χ3v) is 3.56. The van der Waals surface area contributed by atoms with Crippen LogP contribution in [-0.4, -0.2) is 12.5 Å². The summed E-state index contributed by atoms with van der Waals surface area (Å²) in [6.07, 6.45) is 0. The SMILES string of the molecule is Cc1ccc(NC(=O)COc2ccc(N)cc2)cc1Br. The van der Waals surface area contributed by atoms with E-state index < -0.39 is 0 Å². The number of carbonyl (C=O) groups is 1. The molecule has 1 amide bonds. The van der Waals surface area contributed by atoms with Gasteiger partial charge in [0, 0.05) is 15.8 Å². The van der Waals surface area contributed by atoms with E-state index in [0.717, 1.165) is 15.7 Å². The van der Waals surface area contributed by atoms with Crippen molar-refractivity contribution >= 4 is 33.2 Å². The van der Waals surface area contributed by atoms with Gasteiger partial charge < -0.3 is 15.8 Å². The maximum Gasteiger partial charge on any atom is 0.262 e. The van der Waals surface area contributed by atoms with E-state index in [9.17, 15) is 4.79 Å². The van der Waals surface area contributed by atoms with Gasteiger partial charge >= 0.3 is 0 Å². The third kappa shape index (κ3) is 3.99. The number of hydrogen-bond acceptors (Lipinski definition) is 3. The molecule has 20 heavy (non-hydrogen) atoms. The smallest absolute Gasteiger partial charge is 0.262 e. The summed E-state index contributed by atoms with van der Waals surface area (Å²) >= 11 is 3.42. The molecule has 2 rings (SSSR count). The molecule has 0 aliphatic rings. The average molecular weight is 335 g/mol. The van der Waals surface area contributed by atoms with E-state index in [1.165, 1.54) is 0 Å². The Bertz CT molecular complexity index is 612. The van der Waals surface area contributed by atoms with Gasteiger partial charge in [-0.05, 0) is 48.9 Å². The molecule has 2 aromatic carbocycles. The Morgan fingerprint density at radius 2 is 1.95 bits per heavy atom. The molecule has 2 aromatic rings. The molecule has 0 fully saturated rings. The highest BCUT2D eigenvalue weighted by atomic mass is 79.9. The fourth-order valence-corrected chi connectivity index (χ4v) is 1.96. The molecule has 4 nitrogen and oxygen atoms in total. The quantitative estimate of drug-likeness (QED) is 0.842. The number of hydrogen-bond donors (Lipinski definition) is 2. The zero-order valence-electron chi connectivity index (χ0n) is 11.0. The number of benzene rings is 2. The summed E-state index contributed by atoms with van der Waals surface area (Å²) in [6, 6.07) is 12.5. The normalized spacial score (nSPS) is 10.1. The second kappa shape index (κ2) is 6.43. The second-order valence-corrected chi connectivity index (χ2v) is 5.22. The first-order chi connectivity index (χ1) is 9.54. The highest BCUT2D eigenvalue weighted by Gasteiger charge is 2.05. The van der Waals surface area contributed by atoms with Crippen LogP contribution in [0.25, 0.3) is 0 Å². The first kappa shape index (κ1) is 14.4. The maximum atomic E-state index is 11.8. The third-order valence-electron chi connectivity index (χ3n) is 2.71. The average Bonchev–Trinajstić information content (AvgIpc) is 2.42. The number of nitrogen functional groups attached to an aromatic ring is 1. The van der Waals surface area contributed by atoms with Gasteiger partial charge in [0.25, 0.3) is 5.91 Å². The van der Waals surface area contributed by atoms with Crippen LogP contribution >= 0.6 is 15.9 Å². The van der Waals surface area contributed by atoms with E-state index in [-0.39, 0.29) is 12.5 Å². The van der Waals surface area contributed by atoms with Crippen LogP contribution in [0.4, 0.5) is 11.4 Å². The molecule has 3 N–H and O–H groups in total. The van der Waals surface area contributed by atoms with Gasteiger partial charge in [0.1, 0.15) is 5.75 Å². The van der Waals surface area contributed by atoms with E-state index in [2.05, 4.69) is 21.2 Å². The highest BCUT2D eigenvalue weighted by molar-refractivity contribution is 9.10. The summed E-state index contributed by atoms with van der Waals surface area (Å²) in [5, 5.41) is 2.77. The zero-order chi connectivity index (χ0) is 14.5. The molecule has 0 heterocycles. The highest BCUT2D eigenvalue weighted by Crippen LogP contribution is 2.20. The Balaban J connectivity index is 1.89. The van der Waals surface area contributed by atoms with Gasteiger partial charge in [-0.2, -0.15) is 0 Å². The lowest BCUT2D eigenvalue weighted by Gasteiger charge is -2.08. The maximum absolute atomic E-state index is 11.8. The lowest BCUT2D eigenvalue weighted by Crippen LogP contribution is -2.20. The standard InChI is InChI=1S/C15H15BrN2O2/c1-10-2-5-12(8-14(10)16)18-15(19)9-20-13-6-3-11(17)4-7-13/h2-8H,9,17H2,1H3,(H,18,19). The summed E-state index contributed by atoms with van der Waals surface area (Å²) in [4.78, 5) is 11.8. The van der Waals surface area contributed by atoms with Crippen LogP contribution in [0.2, 0.25) is 0 Å². The molecule has 104 valence electrons. The molecule has 0 saturated heterocycles. The minimum Gasteiger partial charge on any atom is -0.484 e. The number of ether oxygens (including phenoxy) is 1. The molecular formula is C15H15BrN2O2. The molecule has 0 aromatic heterocycles. The number of anilines is 2. The zero-order valence-corrected chi connectivity index (χ0v) is 12.6. The van der Waals surface area contributed by atoms with Crippen LogP contribution in [0.1, 0.15) is 5.56 Å². The van der Waals surface area contributed by atoms with Crippen molar-refractivity contribution < 1.29 is 9.53 Å². The predicted molar refractivity (Wildman–Crippen MR) is 83.9 cm³/mol. The van der Waals surface area contributed by atoms with E-state index in [1.807, 2.05) is 25.1 Å². The van der Waals surface area contributed by atoms with Gasteiger partial charge in [-0.3, -0.25) is 4.79 Å². The van der Waals surface area contributed by atoms with Crippen molar-refractivity contribution in [2.45, 2.75) is 6.92 Å². The second-order valence-electron chi connectivity index (χ2n) is 4.37. The summed E-state index contributed by atoms with van der Waals surface area (Å²) in [6.45, 7) is 1.94. The van der Waals surface area contributed by atoms with Gasteiger partial charge in [-0.1, -0.05) is 22.0 Å². The number of nitrogens with two attached hydrogens (primary N) is 1. The Morgan fingerprint density at radius 1 is 1.25 bits per heavy atom. The van der Waals surface area contributed by atoms with Gasteiger partial charge in [-0.25, -0.2) is 0 Å². The van der Waals surface area contributed by atoms with E-state index in [4.69, 9.17) is 10.5 Å². The number of aryl methyl sites for hydroxylation is 1. The van der Waals surface area contributed by atoms with Crippen molar-refractivity contribution in [2.24, 2.45) is 0 Å². The van der Waals surface area contributed by atoms with E-state index in [1.54, 1.807) is 24.3 Å². The van der Waals surface area contributed by atoms with Crippen LogP contribution in [0.5, 0.6) is 5.75 Å². The first-order valence-electron chi connectivity index (χ1n) is 6.09. The number of amides is 1. The minimum atomic E-state index is -0.211. The monoisotopic (exact) mass is 334 g/mol. The van der Waals surface area contributed by atoms with E-state index in [0.29, 0.717) is 11.4 Å². The lowest BCUT2D eigenvalue weighted by molar-refractivity contribution is -0.118. The largest absolute Gasteiger partial charge is 0.484 e. The van der Waals surface area contributed by atoms with Gasteiger partial charge in [0.05, 0.1) is 0 Å². The Morgan fingerprint density at radius 3 is 2.60 bits per heavy atom. The Labute approximate surface area is 126 Å².